The van der Waals surface area contributed by atoms with E-state index in [-0.39, 0.29) is 17.3 Å². The molecule has 1 aliphatic heterocycles. The van der Waals surface area contributed by atoms with Gasteiger partial charge in [-0.15, -0.1) is 0 Å². The number of nitrogens with zero attached hydrogens (tertiary/aromatic N) is 4. The number of aromatic nitrogens is 2. The Balaban J connectivity index is 1.69. The van der Waals surface area contributed by atoms with Gasteiger partial charge in [-0.3, -0.25) is 4.90 Å². The lowest BCUT2D eigenvalue weighted by atomic mass is 9.77. The smallest absolute Gasteiger partial charge is 0.123 e. The van der Waals surface area contributed by atoms with Crippen LogP contribution in [-0.2, 0) is 6.54 Å². The minimum absolute atomic E-state index is 0.108. The molecule has 5 heteroatoms. The summed E-state index contributed by atoms with van der Waals surface area (Å²) < 4.78 is 15.3. The highest BCUT2D eigenvalue weighted by atomic mass is 19.1. The van der Waals surface area contributed by atoms with Gasteiger partial charge < -0.3 is 4.57 Å². The van der Waals surface area contributed by atoms with Gasteiger partial charge in [-0.1, -0.05) is 19.1 Å². The molecule has 1 unspecified atom stereocenters. The van der Waals surface area contributed by atoms with Crippen LogP contribution < -0.4 is 0 Å². The van der Waals surface area contributed by atoms with E-state index in [1.807, 2.05) is 24.7 Å². The molecular weight excluding hydrogens is 315 g/mol. The second-order valence-corrected chi connectivity index (χ2v) is 7.04. The van der Waals surface area contributed by atoms with E-state index in [9.17, 15) is 9.65 Å². The SMILES string of the molecule is CCC1(C#N)CCN(Cc2cncn2C(C)c2ccc(F)cc2)CC1. The predicted molar refractivity (Wildman–Crippen MR) is 95.3 cm³/mol. The molecule has 0 N–H and O–H groups in total. The van der Waals surface area contributed by atoms with Gasteiger partial charge in [-0.05, 0) is 43.9 Å². The summed E-state index contributed by atoms with van der Waals surface area (Å²) in [6, 6.07) is 9.29. The number of hydrogen-bond acceptors (Lipinski definition) is 3. The number of likely N-dealkylation sites (tertiary alicyclic amines) is 1. The Morgan fingerprint density at radius 3 is 2.56 bits per heavy atom. The first-order valence-corrected chi connectivity index (χ1v) is 8.97. The molecule has 0 saturated carbocycles. The maximum Gasteiger partial charge on any atom is 0.123 e. The van der Waals surface area contributed by atoms with Crippen LogP contribution in [0, 0.1) is 22.6 Å². The highest BCUT2D eigenvalue weighted by Crippen LogP contribution is 2.34. The van der Waals surface area contributed by atoms with E-state index in [0.29, 0.717) is 0 Å². The standard InChI is InChI=1S/C20H25FN4/c1-3-20(14-22)8-10-24(11-9-20)13-19-12-23-15-25(19)16(2)17-4-6-18(21)7-5-17/h4-7,12,15-16H,3,8-11,13H2,1-2H3. The van der Waals surface area contributed by atoms with Gasteiger partial charge in [-0.25, -0.2) is 9.37 Å². The molecule has 0 aliphatic carbocycles. The van der Waals surface area contributed by atoms with E-state index < -0.39 is 0 Å². The third kappa shape index (κ3) is 3.74. The van der Waals surface area contributed by atoms with Gasteiger partial charge >= 0.3 is 0 Å². The van der Waals surface area contributed by atoms with Crippen molar-refractivity contribution in [2.24, 2.45) is 5.41 Å². The quantitative estimate of drug-likeness (QED) is 0.821. The number of rotatable bonds is 5. The Morgan fingerprint density at radius 2 is 1.96 bits per heavy atom. The third-order valence-corrected chi connectivity index (χ3v) is 5.63. The van der Waals surface area contributed by atoms with Crippen LogP contribution in [-0.4, -0.2) is 27.5 Å². The van der Waals surface area contributed by atoms with Gasteiger partial charge in [0, 0.05) is 25.8 Å². The summed E-state index contributed by atoms with van der Waals surface area (Å²) in [5.74, 6) is -0.216. The minimum atomic E-state index is -0.216. The molecule has 1 atom stereocenters. The number of hydrogen-bond donors (Lipinski definition) is 0. The molecule has 3 rings (SSSR count). The maximum atomic E-state index is 13.2. The van der Waals surface area contributed by atoms with Gasteiger partial charge in [0.05, 0.1) is 29.5 Å². The summed E-state index contributed by atoms with van der Waals surface area (Å²) in [4.78, 5) is 6.72. The van der Waals surface area contributed by atoms with Crippen molar-refractivity contribution in [1.29, 1.82) is 5.26 Å². The summed E-state index contributed by atoms with van der Waals surface area (Å²) in [5.41, 5.74) is 2.07. The van der Waals surface area contributed by atoms with Gasteiger partial charge in [0.25, 0.3) is 0 Å². The molecule has 1 fully saturated rings. The monoisotopic (exact) mass is 340 g/mol. The Morgan fingerprint density at radius 1 is 1.28 bits per heavy atom. The fourth-order valence-electron chi connectivity index (χ4n) is 3.62. The zero-order chi connectivity index (χ0) is 17.9. The van der Waals surface area contributed by atoms with E-state index in [1.54, 1.807) is 0 Å². The van der Waals surface area contributed by atoms with E-state index in [0.717, 1.165) is 50.2 Å². The van der Waals surface area contributed by atoms with Crippen molar-refractivity contribution in [3.8, 4) is 6.07 Å². The first kappa shape index (κ1) is 17.6. The van der Waals surface area contributed by atoms with Crippen LogP contribution in [0.1, 0.15) is 50.4 Å². The lowest BCUT2D eigenvalue weighted by Gasteiger charge is -2.36. The summed E-state index contributed by atoms with van der Waals surface area (Å²) in [6.07, 6.45) is 6.55. The minimum Gasteiger partial charge on any atom is -0.326 e. The predicted octanol–water partition coefficient (Wildman–Crippen LogP) is 4.15. The zero-order valence-corrected chi connectivity index (χ0v) is 15.0. The van der Waals surface area contributed by atoms with E-state index in [1.165, 1.54) is 12.1 Å². The van der Waals surface area contributed by atoms with Gasteiger partial charge in [0.2, 0.25) is 0 Å². The Hall–Kier alpha value is -2.19. The number of benzene rings is 1. The van der Waals surface area contributed by atoms with Crippen molar-refractivity contribution in [2.45, 2.75) is 45.7 Å². The summed E-state index contributed by atoms with van der Waals surface area (Å²) in [5, 5.41) is 9.44. The molecule has 132 valence electrons. The summed E-state index contributed by atoms with van der Waals surface area (Å²) in [6.45, 7) is 6.93. The van der Waals surface area contributed by atoms with Crippen LogP contribution in [0.3, 0.4) is 0 Å². The van der Waals surface area contributed by atoms with E-state index >= 15 is 0 Å². The topological polar surface area (TPSA) is 44.9 Å². The van der Waals surface area contributed by atoms with Crippen molar-refractivity contribution < 1.29 is 4.39 Å². The summed E-state index contributed by atoms with van der Waals surface area (Å²) in [7, 11) is 0. The van der Waals surface area contributed by atoms with Crippen LogP contribution in [0.15, 0.2) is 36.8 Å². The largest absolute Gasteiger partial charge is 0.326 e. The average Bonchev–Trinajstić information content (AvgIpc) is 3.11. The number of nitriles is 1. The molecule has 1 saturated heterocycles. The fourth-order valence-corrected chi connectivity index (χ4v) is 3.62. The van der Waals surface area contributed by atoms with E-state index in [4.69, 9.17) is 0 Å². The molecule has 0 radical (unpaired) electrons. The van der Waals surface area contributed by atoms with Crippen molar-refractivity contribution in [3.63, 3.8) is 0 Å². The highest BCUT2D eigenvalue weighted by Gasteiger charge is 2.33. The van der Waals surface area contributed by atoms with Crippen molar-refractivity contribution in [3.05, 3.63) is 53.9 Å². The molecular formula is C20H25FN4. The molecule has 1 aliphatic rings. The second-order valence-electron chi connectivity index (χ2n) is 7.04. The van der Waals surface area contributed by atoms with Crippen molar-refractivity contribution in [2.75, 3.05) is 13.1 Å². The number of imidazole rings is 1. The molecule has 2 aromatic rings. The van der Waals surface area contributed by atoms with Crippen LogP contribution in [0.5, 0.6) is 0 Å². The van der Waals surface area contributed by atoms with E-state index in [2.05, 4.69) is 34.4 Å². The molecule has 1 aromatic heterocycles. The number of halogens is 1. The molecule has 0 spiro atoms. The van der Waals surface area contributed by atoms with Gasteiger partial charge in [0.1, 0.15) is 5.82 Å². The van der Waals surface area contributed by atoms with Gasteiger partial charge in [-0.2, -0.15) is 5.26 Å². The number of piperidine rings is 1. The highest BCUT2D eigenvalue weighted by molar-refractivity contribution is 5.21. The van der Waals surface area contributed by atoms with Crippen LogP contribution in [0.4, 0.5) is 4.39 Å². The second kappa shape index (κ2) is 7.37. The normalized spacial score (nSPS) is 18.6. The maximum absolute atomic E-state index is 13.2. The first-order chi connectivity index (χ1) is 12.1. The average molecular weight is 340 g/mol. The van der Waals surface area contributed by atoms with Crippen molar-refractivity contribution >= 4 is 0 Å². The molecule has 1 aromatic carbocycles. The Bertz CT molecular complexity index is 736. The third-order valence-electron chi connectivity index (χ3n) is 5.63. The van der Waals surface area contributed by atoms with Crippen molar-refractivity contribution in [1.82, 2.24) is 14.5 Å². The molecule has 25 heavy (non-hydrogen) atoms. The molecule has 0 bridgehead atoms. The fraction of sp³-hybridized carbons (Fsp3) is 0.500. The van der Waals surface area contributed by atoms with Crippen LogP contribution in [0.25, 0.3) is 0 Å². The lowest BCUT2D eigenvalue weighted by Crippen LogP contribution is -2.39. The van der Waals surface area contributed by atoms with Crippen LogP contribution in [0.2, 0.25) is 0 Å². The molecule has 4 nitrogen and oxygen atoms in total. The Labute approximate surface area is 148 Å². The lowest BCUT2D eigenvalue weighted by molar-refractivity contribution is 0.133. The summed E-state index contributed by atoms with van der Waals surface area (Å²) >= 11 is 0. The first-order valence-electron chi connectivity index (χ1n) is 8.97. The Kier molecular flexibility index (Phi) is 5.19. The zero-order valence-electron chi connectivity index (χ0n) is 15.0. The van der Waals surface area contributed by atoms with Crippen LogP contribution >= 0.6 is 0 Å². The molecule has 0 amide bonds. The van der Waals surface area contributed by atoms with Gasteiger partial charge in [0.15, 0.2) is 0 Å². The molecule has 2 heterocycles.